The molecule has 1 aliphatic rings. The Morgan fingerprint density at radius 1 is 1.31 bits per heavy atom. The average Bonchev–Trinajstić information content (AvgIpc) is 2.96. The number of Topliss-reactive ketones (excluding diaryl/α,β-unsaturated/α-hetero) is 1. The molecule has 0 aromatic heterocycles. The van der Waals surface area contributed by atoms with Crippen molar-refractivity contribution >= 4 is 11.8 Å². The minimum absolute atomic E-state index is 0.00419. The van der Waals surface area contributed by atoms with E-state index in [-0.39, 0.29) is 18.5 Å². The number of ether oxygens (including phenoxy) is 2. The summed E-state index contributed by atoms with van der Waals surface area (Å²) in [7, 11) is 0. The van der Waals surface area contributed by atoms with Gasteiger partial charge in [0.15, 0.2) is 0 Å². The molecule has 0 aromatic rings. The molecule has 0 saturated heterocycles. The van der Waals surface area contributed by atoms with Gasteiger partial charge in [0, 0.05) is 25.4 Å². The van der Waals surface area contributed by atoms with Crippen LogP contribution in [0.1, 0.15) is 71.6 Å². The zero-order valence-corrected chi connectivity index (χ0v) is 16.3. The normalized spacial score (nSPS) is 20.5. The van der Waals surface area contributed by atoms with Gasteiger partial charge >= 0.3 is 5.97 Å². The number of ketones is 1. The van der Waals surface area contributed by atoms with Gasteiger partial charge in [-0.2, -0.15) is 0 Å². The summed E-state index contributed by atoms with van der Waals surface area (Å²) in [6.45, 7) is 4.71. The highest BCUT2D eigenvalue weighted by Crippen LogP contribution is 2.35. The topological polar surface area (TPSA) is 72.8 Å². The number of aliphatic hydroxyl groups excluding tert-OH is 1. The number of unbranched alkanes of at least 4 members (excludes halogenated alkanes) is 2. The third-order valence-electron chi connectivity index (χ3n) is 4.78. The van der Waals surface area contributed by atoms with E-state index >= 15 is 0 Å². The molecule has 1 unspecified atom stereocenters. The Balaban J connectivity index is 2.21. The molecule has 0 aliphatic heterocycles. The fraction of sp³-hybridized carbons (Fsp3) is 0.810. The number of esters is 1. The van der Waals surface area contributed by atoms with Crippen LogP contribution >= 0.6 is 0 Å². The minimum atomic E-state index is -0.575. The number of carbonyl (C=O) groups is 2. The van der Waals surface area contributed by atoms with Crippen LogP contribution in [-0.4, -0.2) is 42.8 Å². The van der Waals surface area contributed by atoms with Crippen LogP contribution in [0.15, 0.2) is 0 Å². The van der Waals surface area contributed by atoms with Crippen molar-refractivity contribution in [3.63, 3.8) is 0 Å². The molecular weight excluding hydrogens is 332 g/mol. The Morgan fingerprint density at radius 2 is 2.12 bits per heavy atom. The third kappa shape index (κ3) is 9.35. The van der Waals surface area contributed by atoms with Crippen molar-refractivity contribution in [2.45, 2.75) is 77.7 Å². The predicted octanol–water partition coefficient (Wildman–Crippen LogP) is 3.28. The first-order valence-electron chi connectivity index (χ1n) is 10.0. The van der Waals surface area contributed by atoms with Crippen molar-refractivity contribution in [2.24, 2.45) is 11.8 Å². The van der Waals surface area contributed by atoms with Gasteiger partial charge in [0.25, 0.3) is 0 Å². The van der Waals surface area contributed by atoms with Crippen LogP contribution in [0, 0.1) is 23.7 Å². The van der Waals surface area contributed by atoms with E-state index in [1.807, 2.05) is 0 Å². The van der Waals surface area contributed by atoms with E-state index in [0.717, 1.165) is 44.9 Å². The molecule has 1 fully saturated rings. The lowest BCUT2D eigenvalue weighted by Gasteiger charge is -2.18. The maximum absolute atomic E-state index is 12.1. The Kier molecular flexibility index (Phi) is 12.0. The monoisotopic (exact) mass is 366 g/mol. The molecule has 1 aliphatic carbocycles. The molecule has 1 N–H and O–H groups in total. The first-order chi connectivity index (χ1) is 12.6. The van der Waals surface area contributed by atoms with Gasteiger partial charge in [-0.05, 0) is 51.4 Å². The molecule has 26 heavy (non-hydrogen) atoms. The van der Waals surface area contributed by atoms with E-state index in [2.05, 4.69) is 18.8 Å². The van der Waals surface area contributed by atoms with Gasteiger partial charge in [0.1, 0.15) is 18.5 Å². The largest absolute Gasteiger partial charge is 0.464 e. The maximum atomic E-state index is 12.1. The molecule has 0 spiro atoms. The van der Waals surface area contributed by atoms with Crippen molar-refractivity contribution in [3.05, 3.63) is 0 Å². The average molecular weight is 366 g/mol. The summed E-state index contributed by atoms with van der Waals surface area (Å²) in [6.07, 6.45) is 6.95. The number of hydrogen-bond acceptors (Lipinski definition) is 5. The van der Waals surface area contributed by atoms with E-state index in [9.17, 15) is 14.7 Å². The summed E-state index contributed by atoms with van der Waals surface area (Å²) in [5.74, 6) is 6.37. The molecule has 5 heteroatoms. The fourth-order valence-corrected chi connectivity index (χ4v) is 3.40. The van der Waals surface area contributed by atoms with Crippen molar-refractivity contribution < 1.29 is 24.2 Å². The smallest absolute Gasteiger partial charge is 0.332 e. The molecule has 0 radical (unpaired) electrons. The van der Waals surface area contributed by atoms with Gasteiger partial charge in [-0.25, -0.2) is 4.79 Å². The van der Waals surface area contributed by atoms with Crippen LogP contribution < -0.4 is 0 Å². The van der Waals surface area contributed by atoms with Gasteiger partial charge in [0.05, 0.1) is 6.61 Å². The molecule has 148 valence electrons. The van der Waals surface area contributed by atoms with Crippen LogP contribution in [0.3, 0.4) is 0 Å². The zero-order chi connectivity index (χ0) is 19.2. The Morgan fingerprint density at radius 3 is 2.85 bits per heavy atom. The quantitative estimate of drug-likeness (QED) is 0.326. The molecule has 1 rings (SSSR count). The fourth-order valence-electron chi connectivity index (χ4n) is 3.40. The molecule has 5 nitrogen and oxygen atoms in total. The van der Waals surface area contributed by atoms with Crippen LogP contribution in [0.4, 0.5) is 0 Å². The summed E-state index contributed by atoms with van der Waals surface area (Å²) in [6, 6.07) is 0. The highest BCUT2D eigenvalue weighted by Gasteiger charge is 2.33. The molecule has 0 aromatic carbocycles. The van der Waals surface area contributed by atoms with Crippen molar-refractivity contribution in [3.8, 4) is 11.8 Å². The Labute approximate surface area is 157 Å². The second-order valence-electron chi connectivity index (χ2n) is 6.89. The summed E-state index contributed by atoms with van der Waals surface area (Å²) >= 11 is 0. The highest BCUT2D eigenvalue weighted by atomic mass is 16.6. The van der Waals surface area contributed by atoms with Crippen LogP contribution in [0.2, 0.25) is 0 Å². The summed E-state index contributed by atoms with van der Waals surface area (Å²) < 4.78 is 10.1. The number of aliphatic hydroxyl groups is 1. The van der Waals surface area contributed by atoms with E-state index < -0.39 is 6.10 Å². The lowest BCUT2D eigenvalue weighted by molar-refractivity contribution is -0.148. The number of rotatable bonds is 12. The number of carbonyl (C=O) groups excluding carboxylic acids is 2. The van der Waals surface area contributed by atoms with E-state index in [4.69, 9.17) is 9.47 Å². The maximum Gasteiger partial charge on any atom is 0.332 e. The van der Waals surface area contributed by atoms with Crippen molar-refractivity contribution in [1.29, 1.82) is 0 Å². The molecule has 1 saturated carbocycles. The van der Waals surface area contributed by atoms with E-state index in [1.165, 1.54) is 0 Å². The van der Waals surface area contributed by atoms with Crippen LogP contribution in [0.25, 0.3) is 0 Å². The molecule has 0 heterocycles. The van der Waals surface area contributed by atoms with Crippen molar-refractivity contribution in [2.75, 3.05) is 19.8 Å². The highest BCUT2D eigenvalue weighted by molar-refractivity contribution is 5.83. The van der Waals surface area contributed by atoms with Gasteiger partial charge < -0.3 is 14.6 Å². The van der Waals surface area contributed by atoms with Crippen LogP contribution in [0.5, 0.6) is 0 Å². The Hall–Kier alpha value is -1.38. The predicted molar refractivity (Wildman–Crippen MR) is 100 cm³/mol. The summed E-state index contributed by atoms with van der Waals surface area (Å²) in [5, 5.41) is 9.93. The van der Waals surface area contributed by atoms with Gasteiger partial charge in [-0.3, -0.25) is 4.79 Å². The molecular formula is C21H34O5. The first-order valence-corrected chi connectivity index (χ1v) is 10.0. The first kappa shape index (κ1) is 22.7. The zero-order valence-electron chi connectivity index (χ0n) is 16.3. The summed E-state index contributed by atoms with van der Waals surface area (Å²) in [5.41, 5.74) is 0. The molecule has 3 atom stereocenters. The molecule has 0 bridgehead atoms. The van der Waals surface area contributed by atoms with Crippen LogP contribution in [-0.2, 0) is 19.1 Å². The SMILES string of the molecule is CCCC#CC(O)CC[C@H]1CCC(=O)[C@@H]1CCCCOCC(=O)OCC. The number of hydrogen-bond donors (Lipinski definition) is 1. The van der Waals surface area contributed by atoms with Gasteiger partial charge in [0.2, 0.25) is 0 Å². The van der Waals surface area contributed by atoms with Gasteiger partial charge in [-0.1, -0.05) is 19.3 Å². The lowest BCUT2D eigenvalue weighted by Crippen LogP contribution is -2.17. The van der Waals surface area contributed by atoms with Gasteiger partial charge in [-0.15, -0.1) is 5.92 Å². The Bertz CT molecular complexity index is 477. The second kappa shape index (κ2) is 13.8. The third-order valence-corrected chi connectivity index (χ3v) is 4.78. The second-order valence-corrected chi connectivity index (χ2v) is 6.89. The van der Waals surface area contributed by atoms with E-state index in [1.54, 1.807) is 6.92 Å². The minimum Gasteiger partial charge on any atom is -0.464 e. The lowest BCUT2D eigenvalue weighted by atomic mass is 9.86. The summed E-state index contributed by atoms with van der Waals surface area (Å²) in [4.78, 5) is 23.3. The molecule has 0 amide bonds. The van der Waals surface area contributed by atoms with Crippen molar-refractivity contribution in [1.82, 2.24) is 0 Å². The van der Waals surface area contributed by atoms with E-state index in [0.29, 0.717) is 37.8 Å². The standard InChI is InChI=1S/C21H34O5/c1-3-5-6-9-18(22)13-11-17-12-14-20(23)19(17)10-7-8-15-25-16-21(24)26-4-2/h17-19,22H,3-5,7-8,10-16H2,1-2H3/t17-,18?,19+/m0/s1.